The molecule has 1 aliphatic rings. The maximum Gasteiger partial charge on any atom is 0.254 e. The van der Waals surface area contributed by atoms with E-state index in [-0.39, 0.29) is 35.2 Å². The van der Waals surface area contributed by atoms with Gasteiger partial charge in [0.1, 0.15) is 11.4 Å². The van der Waals surface area contributed by atoms with Crippen molar-refractivity contribution in [3.8, 4) is 6.07 Å². The molecule has 26 heavy (non-hydrogen) atoms. The molecule has 0 saturated heterocycles. The summed E-state index contributed by atoms with van der Waals surface area (Å²) < 4.78 is 14.7. The van der Waals surface area contributed by atoms with Gasteiger partial charge >= 0.3 is 0 Å². The van der Waals surface area contributed by atoms with E-state index in [1.165, 1.54) is 24.3 Å². The first-order valence-corrected chi connectivity index (χ1v) is 8.28. The minimum absolute atomic E-state index is 0.0684. The summed E-state index contributed by atoms with van der Waals surface area (Å²) in [5, 5.41) is 16.9. The Labute approximate surface area is 150 Å². The molecule has 1 amide bonds. The highest BCUT2D eigenvalue weighted by molar-refractivity contribution is 5.98. The molecular formula is C18H19FN6O. The Kier molecular flexibility index (Phi) is 4.98. The van der Waals surface area contributed by atoms with E-state index in [2.05, 4.69) is 28.2 Å². The fourth-order valence-corrected chi connectivity index (χ4v) is 3.26. The van der Waals surface area contributed by atoms with Gasteiger partial charge in [0.15, 0.2) is 5.82 Å². The number of anilines is 2. The Hall–Kier alpha value is -3.21. The molecule has 3 N–H and O–H groups in total. The van der Waals surface area contributed by atoms with Gasteiger partial charge in [-0.05, 0) is 50.2 Å². The maximum absolute atomic E-state index is 13.1. The maximum atomic E-state index is 13.1. The molecule has 3 unspecified atom stereocenters. The van der Waals surface area contributed by atoms with E-state index in [9.17, 15) is 14.4 Å². The SMILES string of the molecule is C=NC1CCC(n2cc(C(N)=O)c(Nc3ccc(F)cc3)n2)C(C#N)C1. The molecule has 1 heterocycles. The van der Waals surface area contributed by atoms with Crippen molar-refractivity contribution in [2.75, 3.05) is 5.32 Å². The van der Waals surface area contributed by atoms with Crippen LogP contribution in [0, 0.1) is 23.1 Å². The standard InChI is InChI=1S/C18H19FN6O/c1-22-14-6-7-16(11(8-14)9-20)25-10-15(17(21)26)18(24-25)23-13-4-2-12(19)3-5-13/h2-5,10-11,14,16H,1,6-8H2,(H2,21,26)(H,23,24). The van der Waals surface area contributed by atoms with Crippen molar-refractivity contribution in [2.24, 2.45) is 16.6 Å². The number of amides is 1. The van der Waals surface area contributed by atoms with E-state index in [1.54, 1.807) is 10.9 Å². The molecule has 134 valence electrons. The van der Waals surface area contributed by atoms with Crippen LogP contribution in [0.5, 0.6) is 0 Å². The number of rotatable bonds is 5. The van der Waals surface area contributed by atoms with E-state index in [0.29, 0.717) is 18.5 Å². The van der Waals surface area contributed by atoms with Crippen LogP contribution in [0.2, 0.25) is 0 Å². The predicted molar refractivity (Wildman–Crippen MR) is 95.8 cm³/mol. The highest BCUT2D eigenvalue weighted by Gasteiger charge is 2.33. The van der Waals surface area contributed by atoms with E-state index in [1.807, 2.05) is 0 Å². The number of carbonyl (C=O) groups is 1. The van der Waals surface area contributed by atoms with Gasteiger partial charge in [-0.25, -0.2) is 4.39 Å². The van der Waals surface area contributed by atoms with Crippen LogP contribution in [0.15, 0.2) is 35.5 Å². The molecular weight excluding hydrogens is 335 g/mol. The van der Waals surface area contributed by atoms with Gasteiger partial charge in [-0.1, -0.05) is 0 Å². The number of aromatic nitrogens is 2. The zero-order chi connectivity index (χ0) is 18.7. The molecule has 2 aromatic rings. The molecule has 1 aromatic heterocycles. The minimum atomic E-state index is -0.629. The molecule has 0 bridgehead atoms. The number of primary amides is 1. The van der Waals surface area contributed by atoms with Crippen molar-refractivity contribution in [3.63, 3.8) is 0 Å². The van der Waals surface area contributed by atoms with E-state index in [4.69, 9.17) is 5.73 Å². The lowest BCUT2D eigenvalue weighted by atomic mass is 9.82. The van der Waals surface area contributed by atoms with Gasteiger partial charge in [-0.3, -0.25) is 14.5 Å². The fraction of sp³-hybridized carbons (Fsp3) is 0.333. The molecule has 3 rings (SSSR count). The number of nitrogens with one attached hydrogen (secondary N) is 1. The summed E-state index contributed by atoms with van der Waals surface area (Å²) in [4.78, 5) is 15.8. The summed E-state index contributed by atoms with van der Waals surface area (Å²) in [6.07, 6.45) is 3.68. The molecule has 3 atom stereocenters. The summed E-state index contributed by atoms with van der Waals surface area (Å²) in [5.41, 5.74) is 6.26. The number of aliphatic imine (C=N–C) groups is 1. The summed E-state index contributed by atoms with van der Waals surface area (Å²) >= 11 is 0. The largest absolute Gasteiger partial charge is 0.365 e. The van der Waals surface area contributed by atoms with E-state index >= 15 is 0 Å². The Morgan fingerprint density at radius 2 is 2.15 bits per heavy atom. The van der Waals surface area contributed by atoms with Gasteiger partial charge in [-0.15, -0.1) is 0 Å². The summed E-state index contributed by atoms with van der Waals surface area (Å²) in [6, 6.07) is 7.89. The number of benzene rings is 1. The highest BCUT2D eigenvalue weighted by atomic mass is 19.1. The van der Waals surface area contributed by atoms with Crippen molar-refractivity contribution in [3.05, 3.63) is 41.8 Å². The zero-order valence-corrected chi connectivity index (χ0v) is 14.1. The quantitative estimate of drug-likeness (QED) is 0.805. The first-order chi connectivity index (χ1) is 12.5. The minimum Gasteiger partial charge on any atom is -0.365 e. The van der Waals surface area contributed by atoms with E-state index in [0.717, 1.165) is 6.42 Å². The number of hydrogen-bond acceptors (Lipinski definition) is 5. The van der Waals surface area contributed by atoms with Crippen molar-refractivity contribution in [1.82, 2.24) is 9.78 Å². The third-order valence-electron chi connectivity index (χ3n) is 4.65. The lowest BCUT2D eigenvalue weighted by Crippen LogP contribution is -2.28. The van der Waals surface area contributed by atoms with Crippen molar-refractivity contribution >= 4 is 24.1 Å². The fourth-order valence-electron chi connectivity index (χ4n) is 3.26. The second kappa shape index (κ2) is 7.35. The number of nitrogens with zero attached hydrogens (tertiary/aromatic N) is 4. The van der Waals surface area contributed by atoms with Crippen LogP contribution in [-0.2, 0) is 0 Å². The van der Waals surface area contributed by atoms with Crippen LogP contribution >= 0.6 is 0 Å². The third-order valence-corrected chi connectivity index (χ3v) is 4.65. The topological polar surface area (TPSA) is 109 Å². The number of nitrogens with two attached hydrogens (primary N) is 1. The molecule has 1 aromatic carbocycles. The second-order valence-electron chi connectivity index (χ2n) is 6.32. The Bertz CT molecular complexity index is 854. The van der Waals surface area contributed by atoms with Gasteiger partial charge in [-0.2, -0.15) is 10.4 Å². The molecule has 1 saturated carbocycles. The molecule has 0 spiro atoms. The lowest BCUT2D eigenvalue weighted by molar-refractivity contribution is 0.100. The van der Waals surface area contributed by atoms with Crippen molar-refractivity contribution in [2.45, 2.75) is 31.3 Å². The van der Waals surface area contributed by atoms with Gasteiger partial charge in [0.25, 0.3) is 5.91 Å². The van der Waals surface area contributed by atoms with Gasteiger partial charge in [0.05, 0.1) is 24.1 Å². The first-order valence-electron chi connectivity index (χ1n) is 8.28. The van der Waals surface area contributed by atoms with Crippen molar-refractivity contribution < 1.29 is 9.18 Å². The van der Waals surface area contributed by atoms with Gasteiger partial charge < -0.3 is 11.1 Å². The summed E-state index contributed by atoms with van der Waals surface area (Å²) in [6.45, 7) is 3.57. The summed E-state index contributed by atoms with van der Waals surface area (Å²) in [7, 11) is 0. The monoisotopic (exact) mass is 354 g/mol. The summed E-state index contributed by atoms with van der Waals surface area (Å²) in [5.74, 6) is -0.986. The molecule has 1 aliphatic carbocycles. The van der Waals surface area contributed by atoms with Crippen LogP contribution in [0.1, 0.15) is 35.7 Å². The lowest BCUT2D eigenvalue weighted by Gasteiger charge is -2.30. The smallest absolute Gasteiger partial charge is 0.254 e. The van der Waals surface area contributed by atoms with Crippen LogP contribution in [0.3, 0.4) is 0 Å². The van der Waals surface area contributed by atoms with Gasteiger partial charge in [0, 0.05) is 11.9 Å². The average Bonchev–Trinajstić information content (AvgIpc) is 3.07. The number of hydrogen-bond donors (Lipinski definition) is 2. The molecule has 7 nitrogen and oxygen atoms in total. The first kappa shape index (κ1) is 17.6. The number of nitriles is 1. The van der Waals surface area contributed by atoms with Gasteiger partial charge in [0.2, 0.25) is 0 Å². The van der Waals surface area contributed by atoms with Crippen LogP contribution in [0.25, 0.3) is 0 Å². The number of halogens is 1. The Morgan fingerprint density at radius 1 is 1.42 bits per heavy atom. The van der Waals surface area contributed by atoms with Crippen LogP contribution in [-0.4, -0.2) is 28.4 Å². The molecule has 0 radical (unpaired) electrons. The normalized spacial score (nSPS) is 22.4. The van der Waals surface area contributed by atoms with Crippen LogP contribution < -0.4 is 11.1 Å². The number of carbonyl (C=O) groups excluding carboxylic acids is 1. The molecule has 8 heteroatoms. The molecule has 1 fully saturated rings. The predicted octanol–water partition coefficient (Wildman–Crippen LogP) is 2.80. The zero-order valence-electron chi connectivity index (χ0n) is 14.1. The van der Waals surface area contributed by atoms with E-state index < -0.39 is 5.91 Å². The van der Waals surface area contributed by atoms with Crippen LogP contribution in [0.4, 0.5) is 15.9 Å². The molecule has 0 aliphatic heterocycles. The average molecular weight is 354 g/mol. The highest BCUT2D eigenvalue weighted by Crippen LogP contribution is 2.35. The second-order valence-corrected chi connectivity index (χ2v) is 6.32. The third kappa shape index (κ3) is 3.57. The van der Waals surface area contributed by atoms with Crippen molar-refractivity contribution in [1.29, 1.82) is 5.26 Å². The Morgan fingerprint density at radius 3 is 2.77 bits per heavy atom. The Balaban J connectivity index is 1.89.